The van der Waals surface area contributed by atoms with E-state index in [1.165, 1.54) is 17.8 Å². The zero-order valence-electron chi connectivity index (χ0n) is 15.6. The number of nitrogens with zero attached hydrogens (tertiary/aromatic N) is 1. The van der Waals surface area contributed by atoms with Crippen LogP contribution in [0.4, 0.5) is 10.1 Å². The zero-order chi connectivity index (χ0) is 20.5. The van der Waals surface area contributed by atoms with Crippen molar-refractivity contribution in [1.82, 2.24) is 10.3 Å². The monoisotopic (exact) mass is 409 g/mol. The maximum Gasteiger partial charge on any atom is 0.253 e. The molecule has 0 aliphatic carbocycles. The Morgan fingerprint density at radius 2 is 1.79 bits per heavy atom. The van der Waals surface area contributed by atoms with Crippen LogP contribution in [0.1, 0.15) is 21.5 Å². The summed E-state index contributed by atoms with van der Waals surface area (Å²) in [5.74, 6) is -0.272. The Morgan fingerprint density at radius 3 is 2.59 bits per heavy atom. The lowest BCUT2D eigenvalue weighted by Gasteiger charge is -2.11. The van der Waals surface area contributed by atoms with E-state index in [-0.39, 0.29) is 23.4 Å². The number of nitrogens with one attached hydrogen (secondary N) is 2. The first-order valence-corrected chi connectivity index (χ1v) is 10.2. The van der Waals surface area contributed by atoms with Gasteiger partial charge in [-0.3, -0.25) is 14.6 Å². The van der Waals surface area contributed by atoms with E-state index in [0.717, 1.165) is 5.56 Å². The van der Waals surface area contributed by atoms with Gasteiger partial charge in [0, 0.05) is 24.7 Å². The molecular weight excluding hydrogens is 389 g/mol. The molecule has 0 radical (unpaired) electrons. The molecule has 2 amide bonds. The summed E-state index contributed by atoms with van der Waals surface area (Å²) in [6, 6.07) is 17.0. The Bertz CT molecular complexity index is 983. The fourth-order valence-corrected chi connectivity index (χ4v) is 3.44. The number of carbonyl (C=O) groups is 2. The summed E-state index contributed by atoms with van der Waals surface area (Å²) in [5, 5.41) is 5.59. The van der Waals surface area contributed by atoms with Gasteiger partial charge in [0.05, 0.1) is 17.0 Å². The van der Waals surface area contributed by atoms with Crippen LogP contribution in [0.25, 0.3) is 0 Å². The van der Waals surface area contributed by atoms with Gasteiger partial charge in [-0.15, -0.1) is 11.8 Å². The van der Waals surface area contributed by atoms with E-state index < -0.39 is 0 Å². The van der Waals surface area contributed by atoms with Crippen LogP contribution in [-0.2, 0) is 17.1 Å². The lowest BCUT2D eigenvalue weighted by atomic mass is 10.1. The second kappa shape index (κ2) is 10.4. The molecule has 0 saturated heterocycles. The van der Waals surface area contributed by atoms with Crippen molar-refractivity contribution in [3.63, 3.8) is 0 Å². The van der Waals surface area contributed by atoms with Crippen molar-refractivity contribution in [3.8, 4) is 0 Å². The number of anilines is 1. The van der Waals surface area contributed by atoms with Gasteiger partial charge in [0.15, 0.2) is 0 Å². The molecule has 2 N–H and O–H groups in total. The van der Waals surface area contributed by atoms with Crippen LogP contribution in [0.5, 0.6) is 0 Å². The van der Waals surface area contributed by atoms with Crippen LogP contribution < -0.4 is 10.6 Å². The number of halogens is 1. The SMILES string of the molecule is O=C(CSCc1ccccc1F)Nc1ccccc1C(=O)NCc1cccnc1. The maximum absolute atomic E-state index is 13.6. The fraction of sp³-hybridized carbons (Fsp3) is 0.136. The van der Waals surface area contributed by atoms with Crippen molar-refractivity contribution in [1.29, 1.82) is 0 Å². The van der Waals surface area contributed by atoms with E-state index in [1.807, 2.05) is 6.07 Å². The first-order chi connectivity index (χ1) is 14.1. The maximum atomic E-state index is 13.6. The minimum Gasteiger partial charge on any atom is -0.348 e. The third kappa shape index (κ3) is 6.15. The predicted molar refractivity (Wildman–Crippen MR) is 113 cm³/mol. The number of hydrogen-bond acceptors (Lipinski definition) is 4. The van der Waals surface area contributed by atoms with Gasteiger partial charge < -0.3 is 10.6 Å². The molecule has 7 heteroatoms. The van der Waals surface area contributed by atoms with Crippen LogP contribution in [-0.4, -0.2) is 22.6 Å². The third-order valence-corrected chi connectivity index (χ3v) is 5.05. The lowest BCUT2D eigenvalue weighted by Crippen LogP contribution is -2.25. The van der Waals surface area contributed by atoms with Crippen molar-refractivity contribution in [2.75, 3.05) is 11.1 Å². The molecule has 2 aromatic carbocycles. The highest BCUT2D eigenvalue weighted by atomic mass is 32.2. The Balaban J connectivity index is 1.54. The minimum absolute atomic E-state index is 0.153. The van der Waals surface area contributed by atoms with Gasteiger partial charge in [0.2, 0.25) is 5.91 Å². The zero-order valence-corrected chi connectivity index (χ0v) is 16.4. The number of carbonyl (C=O) groups excluding carboxylic acids is 2. The highest BCUT2D eigenvalue weighted by molar-refractivity contribution is 7.99. The summed E-state index contributed by atoms with van der Waals surface area (Å²) in [6.07, 6.45) is 3.35. The average Bonchev–Trinajstić information content (AvgIpc) is 2.74. The minimum atomic E-state index is -0.288. The normalized spacial score (nSPS) is 10.4. The summed E-state index contributed by atoms with van der Waals surface area (Å²) < 4.78 is 13.6. The van der Waals surface area contributed by atoms with E-state index >= 15 is 0 Å². The van der Waals surface area contributed by atoms with E-state index in [0.29, 0.717) is 29.1 Å². The van der Waals surface area contributed by atoms with Crippen molar-refractivity contribution < 1.29 is 14.0 Å². The van der Waals surface area contributed by atoms with Crippen LogP contribution in [0.3, 0.4) is 0 Å². The molecule has 0 unspecified atom stereocenters. The van der Waals surface area contributed by atoms with Crippen molar-refractivity contribution in [2.24, 2.45) is 0 Å². The second-order valence-corrected chi connectivity index (χ2v) is 7.21. The number of para-hydroxylation sites is 1. The summed E-state index contributed by atoms with van der Waals surface area (Å²) in [5.41, 5.74) is 2.25. The number of benzene rings is 2. The molecule has 3 aromatic rings. The molecule has 5 nitrogen and oxygen atoms in total. The molecule has 0 saturated carbocycles. The molecule has 0 aliphatic heterocycles. The summed E-state index contributed by atoms with van der Waals surface area (Å²) in [4.78, 5) is 28.8. The molecule has 0 aliphatic rings. The number of aromatic nitrogens is 1. The van der Waals surface area contributed by atoms with Gasteiger partial charge in [0.1, 0.15) is 5.82 Å². The number of pyridine rings is 1. The van der Waals surface area contributed by atoms with E-state index in [4.69, 9.17) is 0 Å². The van der Waals surface area contributed by atoms with Gasteiger partial charge in [-0.05, 0) is 35.4 Å². The van der Waals surface area contributed by atoms with E-state index in [1.54, 1.807) is 60.9 Å². The summed E-state index contributed by atoms with van der Waals surface area (Å²) >= 11 is 1.31. The molecule has 3 rings (SSSR count). The Kier molecular flexibility index (Phi) is 7.35. The van der Waals surface area contributed by atoms with E-state index in [2.05, 4.69) is 15.6 Å². The highest BCUT2D eigenvalue weighted by Gasteiger charge is 2.13. The van der Waals surface area contributed by atoms with Gasteiger partial charge >= 0.3 is 0 Å². The quantitative estimate of drug-likeness (QED) is 0.589. The summed E-state index contributed by atoms with van der Waals surface area (Å²) in [6.45, 7) is 0.341. The van der Waals surface area contributed by atoms with Gasteiger partial charge in [-0.25, -0.2) is 4.39 Å². The smallest absolute Gasteiger partial charge is 0.253 e. The topological polar surface area (TPSA) is 71.1 Å². The number of amides is 2. The van der Waals surface area contributed by atoms with Gasteiger partial charge in [-0.2, -0.15) is 0 Å². The molecule has 148 valence electrons. The highest BCUT2D eigenvalue weighted by Crippen LogP contribution is 2.18. The Labute approximate surface area is 172 Å². The largest absolute Gasteiger partial charge is 0.348 e. The first-order valence-electron chi connectivity index (χ1n) is 9.00. The first kappa shape index (κ1) is 20.5. The molecule has 29 heavy (non-hydrogen) atoms. The lowest BCUT2D eigenvalue weighted by molar-refractivity contribution is -0.113. The number of thioether (sulfide) groups is 1. The van der Waals surface area contributed by atoms with Crippen LogP contribution >= 0.6 is 11.8 Å². The van der Waals surface area contributed by atoms with Crippen molar-refractivity contribution >= 4 is 29.3 Å². The van der Waals surface area contributed by atoms with Crippen LogP contribution in [0.15, 0.2) is 73.1 Å². The van der Waals surface area contributed by atoms with Crippen molar-refractivity contribution in [3.05, 3.63) is 95.6 Å². The molecule has 1 aromatic heterocycles. The number of hydrogen-bond donors (Lipinski definition) is 2. The molecule has 0 spiro atoms. The molecule has 1 heterocycles. The molecular formula is C22H20FN3O2S. The van der Waals surface area contributed by atoms with Gasteiger partial charge in [-0.1, -0.05) is 36.4 Å². The van der Waals surface area contributed by atoms with Gasteiger partial charge in [0.25, 0.3) is 5.91 Å². The van der Waals surface area contributed by atoms with E-state index in [9.17, 15) is 14.0 Å². The Hall–Kier alpha value is -3.19. The third-order valence-electron chi connectivity index (χ3n) is 4.07. The molecule has 0 atom stereocenters. The standard InChI is InChI=1S/C22H20FN3O2S/c23-19-9-3-1-7-17(19)14-29-15-21(27)26-20-10-4-2-8-18(20)22(28)25-13-16-6-5-11-24-12-16/h1-12H,13-15H2,(H,25,28)(H,26,27). The summed E-state index contributed by atoms with van der Waals surface area (Å²) in [7, 11) is 0. The second-order valence-electron chi connectivity index (χ2n) is 6.22. The Morgan fingerprint density at radius 1 is 1.00 bits per heavy atom. The average molecular weight is 409 g/mol. The predicted octanol–water partition coefficient (Wildman–Crippen LogP) is 4.02. The van der Waals surface area contributed by atoms with Crippen molar-refractivity contribution in [2.45, 2.75) is 12.3 Å². The molecule has 0 bridgehead atoms. The fourth-order valence-electron chi connectivity index (χ4n) is 2.63. The molecule has 0 fully saturated rings. The number of rotatable bonds is 8. The van der Waals surface area contributed by atoms with Crippen LogP contribution in [0.2, 0.25) is 0 Å². The van der Waals surface area contributed by atoms with Crippen LogP contribution in [0, 0.1) is 5.82 Å².